The predicted molar refractivity (Wildman–Crippen MR) is 76.0 cm³/mol. The molecule has 0 amide bonds. The summed E-state index contributed by atoms with van der Waals surface area (Å²) in [5.74, 6) is 1.38. The van der Waals surface area contributed by atoms with Gasteiger partial charge in [-0.15, -0.1) is 0 Å². The summed E-state index contributed by atoms with van der Waals surface area (Å²) in [6, 6.07) is 5.55. The lowest BCUT2D eigenvalue weighted by molar-refractivity contribution is -0.126. The van der Waals surface area contributed by atoms with Crippen molar-refractivity contribution in [3.8, 4) is 11.5 Å². The highest BCUT2D eigenvalue weighted by Crippen LogP contribution is 2.39. The van der Waals surface area contributed by atoms with Gasteiger partial charge in [-0.1, -0.05) is 29.3 Å². The minimum Gasteiger partial charge on any atom is -0.454 e. The molecule has 2 aliphatic heterocycles. The summed E-state index contributed by atoms with van der Waals surface area (Å²) < 4.78 is 10.7. The van der Waals surface area contributed by atoms with Crippen LogP contribution in [0, 0.1) is 0 Å². The smallest absolute Gasteiger partial charge is 0.231 e. The molecular formula is C13H12Cl2N2O3. The number of hydrogen-bond donors (Lipinski definition) is 0. The van der Waals surface area contributed by atoms with Crippen LogP contribution >= 0.6 is 23.2 Å². The number of rotatable bonds is 2. The van der Waals surface area contributed by atoms with Crippen LogP contribution in [-0.2, 0) is 4.84 Å². The SMILES string of the molecule is CON1C(Cl)=C(C)C(Cl)=NC1c1ccc2c(c1)OCO2. The van der Waals surface area contributed by atoms with Crippen LogP contribution in [-0.4, -0.2) is 24.1 Å². The first-order chi connectivity index (χ1) is 9.61. The van der Waals surface area contributed by atoms with Gasteiger partial charge in [-0.3, -0.25) is 4.84 Å². The van der Waals surface area contributed by atoms with Crippen molar-refractivity contribution in [1.29, 1.82) is 0 Å². The van der Waals surface area contributed by atoms with Gasteiger partial charge in [-0.05, 0) is 19.1 Å². The van der Waals surface area contributed by atoms with Gasteiger partial charge in [0.1, 0.15) is 10.3 Å². The molecule has 3 rings (SSSR count). The molecule has 1 atom stereocenters. The quantitative estimate of drug-likeness (QED) is 0.785. The van der Waals surface area contributed by atoms with Gasteiger partial charge in [0.25, 0.3) is 0 Å². The van der Waals surface area contributed by atoms with Crippen LogP contribution in [0.4, 0.5) is 0 Å². The summed E-state index contributed by atoms with van der Waals surface area (Å²) in [5.41, 5.74) is 1.52. The molecule has 1 unspecified atom stereocenters. The Morgan fingerprint density at radius 1 is 1.30 bits per heavy atom. The second-order valence-electron chi connectivity index (χ2n) is 4.33. The molecule has 0 saturated heterocycles. The Balaban J connectivity index is 2.01. The van der Waals surface area contributed by atoms with Crippen molar-refractivity contribution < 1.29 is 14.3 Å². The molecule has 0 bridgehead atoms. The van der Waals surface area contributed by atoms with Crippen LogP contribution in [0.5, 0.6) is 11.5 Å². The highest BCUT2D eigenvalue weighted by Gasteiger charge is 2.30. The number of fused-ring (bicyclic) bond motifs is 1. The molecule has 0 N–H and O–H groups in total. The molecule has 0 radical (unpaired) electrons. The standard InChI is InChI=1S/C13H12Cl2N2O3/c1-7-11(14)16-13(17(18-2)12(7)15)8-3-4-9-10(5-8)20-6-19-9/h3-5,13H,6H2,1-2H3. The number of hydrogen-bond acceptors (Lipinski definition) is 5. The number of hydroxylamine groups is 2. The predicted octanol–water partition coefficient (Wildman–Crippen LogP) is 3.40. The third-order valence-corrected chi connectivity index (χ3v) is 3.99. The molecule has 20 heavy (non-hydrogen) atoms. The maximum atomic E-state index is 6.25. The van der Waals surface area contributed by atoms with Crippen molar-refractivity contribution in [3.05, 3.63) is 34.5 Å². The van der Waals surface area contributed by atoms with E-state index in [0.29, 0.717) is 27.4 Å². The molecule has 0 aromatic heterocycles. The van der Waals surface area contributed by atoms with Crippen LogP contribution in [0.15, 0.2) is 33.9 Å². The molecule has 2 aliphatic rings. The number of allylic oxidation sites excluding steroid dienone is 1. The molecular weight excluding hydrogens is 303 g/mol. The summed E-state index contributed by atoms with van der Waals surface area (Å²) in [6.07, 6.45) is -0.460. The molecule has 0 saturated carbocycles. The molecule has 5 nitrogen and oxygen atoms in total. The molecule has 106 valence electrons. The van der Waals surface area contributed by atoms with E-state index in [9.17, 15) is 0 Å². The first-order valence-corrected chi connectivity index (χ1v) is 6.70. The minimum absolute atomic E-state index is 0.223. The van der Waals surface area contributed by atoms with E-state index in [4.69, 9.17) is 37.5 Å². The van der Waals surface area contributed by atoms with Crippen molar-refractivity contribution in [2.75, 3.05) is 13.9 Å². The lowest BCUT2D eigenvalue weighted by atomic mass is 10.1. The van der Waals surface area contributed by atoms with E-state index in [1.54, 1.807) is 6.92 Å². The third-order valence-electron chi connectivity index (χ3n) is 3.16. The maximum Gasteiger partial charge on any atom is 0.231 e. The van der Waals surface area contributed by atoms with Crippen molar-refractivity contribution in [2.45, 2.75) is 13.1 Å². The fourth-order valence-corrected chi connectivity index (χ4v) is 2.56. The Labute approximate surface area is 126 Å². The van der Waals surface area contributed by atoms with Crippen molar-refractivity contribution in [2.24, 2.45) is 4.99 Å². The topological polar surface area (TPSA) is 43.3 Å². The van der Waals surface area contributed by atoms with Gasteiger partial charge < -0.3 is 9.47 Å². The number of nitrogens with zero attached hydrogens (tertiary/aromatic N) is 2. The summed E-state index contributed by atoms with van der Waals surface area (Å²) in [4.78, 5) is 9.72. The van der Waals surface area contributed by atoms with Crippen LogP contribution in [0.1, 0.15) is 18.7 Å². The highest BCUT2D eigenvalue weighted by molar-refractivity contribution is 6.70. The van der Waals surface area contributed by atoms with Crippen molar-refractivity contribution in [1.82, 2.24) is 5.06 Å². The first-order valence-electron chi connectivity index (χ1n) is 5.94. The van der Waals surface area contributed by atoms with Crippen LogP contribution in [0.25, 0.3) is 0 Å². The average Bonchev–Trinajstić information content (AvgIpc) is 2.91. The fourth-order valence-electron chi connectivity index (χ4n) is 2.08. The maximum absolute atomic E-state index is 6.25. The summed E-state index contributed by atoms with van der Waals surface area (Å²) in [5, 5.41) is 2.28. The molecule has 2 heterocycles. The third kappa shape index (κ3) is 2.12. The van der Waals surface area contributed by atoms with E-state index in [2.05, 4.69) is 4.99 Å². The second kappa shape index (κ2) is 5.16. The number of benzene rings is 1. The number of halogens is 2. The van der Waals surface area contributed by atoms with E-state index in [0.717, 1.165) is 5.56 Å². The average molecular weight is 315 g/mol. The highest BCUT2D eigenvalue weighted by atomic mass is 35.5. The van der Waals surface area contributed by atoms with E-state index in [-0.39, 0.29) is 6.79 Å². The summed E-state index contributed by atoms with van der Waals surface area (Å²) in [6.45, 7) is 2.01. The van der Waals surface area contributed by atoms with Gasteiger partial charge in [0.15, 0.2) is 17.7 Å². The van der Waals surface area contributed by atoms with Gasteiger partial charge in [-0.2, -0.15) is 0 Å². The molecule has 7 heteroatoms. The van der Waals surface area contributed by atoms with Crippen molar-refractivity contribution >= 4 is 28.4 Å². The van der Waals surface area contributed by atoms with Gasteiger partial charge in [0, 0.05) is 11.1 Å². The monoisotopic (exact) mass is 314 g/mol. The Bertz CT molecular complexity index is 616. The minimum atomic E-state index is -0.460. The Hall–Kier alpha value is -1.43. The van der Waals surface area contributed by atoms with Gasteiger partial charge in [0.05, 0.1) is 7.11 Å². The van der Waals surface area contributed by atoms with Crippen LogP contribution < -0.4 is 9.47 Å². The van der Waals surface area contributed by atoms with E-state index < -0.39 is 6.17 Å². The Morgan fingerprint density at radius 3 is 2.80 bits per heavy atom. The van der Waals surface area contributed by atoms with Gasteiger partial charge >= 0.3 is 0 Å². The molecule has 1 aromatic rings. The van der Waals surface area contributed by atoms with E-state index >= 15 is 0 Å². The summed E-state index contributed by atoms with van der Waals surface area (Å²) >= 11 is 12.4. The lowest BCUT2D eigenvalue weighted by Crippen LogP contribution is -2.29. The summed E-state index contributed by atoms with van der Waals surface area (Å²) in [7, 11) is 1.53. The van der Waals surface area contributed by atoms with Crippen LogP contribution in [0.2, 0.25) is 0 Å². The number of ether oxygens (including phenoxy) is 2. The van der Waals surface area contributed by atoms with Crippen LogP contribution in [0.3, 0.4) is 0 Å². The van der Waals surface area contributed by atoms with Gasteiger partial charge in [0.2, 0.25) is 6.79 Å². The largest absolute Gasteiger partial charge is 0.454 e. The molecule has 0 aliphatic carbocycles. The normalized spacial score (nSPS) is 21.3. The molecule has 0 fully saturated rings. The lowest BCUT2D eigenvalue weighted by Gasteiger charge is -2.32. The number of aliphatic imine (C=N–C) groups is 1. The Kier molecular flexibility index (Phi) is 3.50. The van der Waals surface area contributed by atoms with Gasteiger partial charge in [-0.25, -0.2) is 10.1 Å². The first kappa shape index (κ1) is 13.5. The molecule has 0 spiro atoms. The zero-order valence-corrected chi connectivity index (χ0v) is 12.4. The van der Waals surface area contributed by atoms with E-state index in [1.165, 1.54) is 12.2 Å². The molecule has 1 aromatic carbocycles. The second-order valence-corrected chi connectivity index (χ2v) is 5.05. The Morgan fingerprint density at radius 2 is 2.05 bits per heavy atom. The zero-order valence-electron chi connectivity index (χ0n) is 10.9. The van der Waals surface area contributed by atoms with E-state index in [1.807, 2.05) is 18.2 Å². The van der Waals surface area contributed by atoms with Crippen molar-refractivity contribution in [3.63, 3.8) is 0 Å². The zero-order chi connectivity index (χ0) is 14.3. The fraction of sp³-hybridized carbons (Fsp3) is 0.308.